The lowest BCUT2D eigenvalue weighted by atomic mass is 10.1. The zero-order valence-electron chi connectivity index (χ0n) is 11.4. The topological polar surface area (TPSA) is 96.5 Å². The van der Waals surface area contributed by atoms with Crippen LogP contribution >= 0.6 is 0 Å². The zero-order chi connectivity index (χ0) is 14.8. The first-order chi connectivity index (χ1) is 9.44. The highest BCUT2D eigenvalue weighted by Crippen LogP contribution is 2.26. The van der Waals surface area contributed by atoms with Crippen LogP contribution in [0.25, 0.3) is 0 Å². The molecule has 1 saturated heterocycles. The fourth-order valence-corrected chi connectivity index (χ4v) is 3.98. The number of nitrogens with zero attached hydrogens (tertiary/aromatic N) is 1. The van der Waals surface area contributed by atoms with Crippen LogP contribution in [0.1, 0.15) is 18.4 Å². The van der Waals surface area contributed by atoms with Crippen LogP contribution in [0.5, 0.6) is 0 Å². The number of nitrogens with one attached hydrogen (secondary N) is 1. The number of ether oxygens (including phenoxy) is 1. The van der Waals surface area contributed by atoms with Crippen LogP contribution in [0.15, 0.2) is 24.3 Å². The third-order valence-corrected chi connectivity index (χ3v) is 5.78. The van der Waals surface area contributed by atoms with Crippen LogP contribution in [-0.2, 0) is 14.8 Å². The van der Waals surface area contributed by atoms with Gasteiger partial charge in [0, 0.05) is 25.8 Å². The Morgan fingerprint density at radius 3 is 2.55 bits per heavy atom. The predicted octanol–water partition coefficient (Wildman–Crippen LogP) is 0.916. The summed E-state index contributed by atoms with van der Waals surface area (Å²) in [7, 11) is -1.96. The second-order valence-corrected chi connectivity index (χ2v) is 7.00. The summed E-state index contributed by atoms with van der Waals surface area (Å²) >= 11 is 0. The van der Waals surface area contributed by atoms with Gasteiger partial charge in [0.2, 0.25) is 10.0 Å². The molecule has 6 nitrogen and oxygen atoms in total. The minimum atomic E-state index is -3.47. The van der Waals surface area contributed by atoms with Crippen LogP contribution in [-0.4, -0.2) is 39.8 Å². The molecule has 0 unspecified atom stereocenters. The smallest absolute Gasteiger partial charge is 0.237 e. The zero-order valence-corrected chi connectivity index (χ0v) is 12.2. The molecule has 0 amide bonds. The number of amidine groups is 1. The highest BCUT2D eigenvalue weighted by atomic mass is 32.2. The molecular weight excluding hydrogens is 278 g/mol. The molecule has 20 heavy (non-hydrogen) atoms. The Balaban J connectivity index is 2.35. The van der Waals surface area contributed by atoms with E-state index in [4.69, 9.17) is 15.9 Å². The number of rotatable bonds is 4. The van der Waals surface area contributed by atoms with Crippen molar-refractivity contribution in [3.8, 4) is 0 Å². The fourth-order valence-electron chi connectivity index (χ4n) is 2.31. The molecule has 0 radical (unpaired) electrons. The standard InChI is InChI=1S/C13H19N3O3S/c1-16(12-5-3-2-4-11(12)13(14)15)20(17,18)10-6-8-19-9-7-10/h2-5,10H,6-9H2,1H3,(H3,14,15). The molecule has 0 aromatic heterocycles. The maximum atomic E-state index is 12.6. The van der Waals surface area contributed by atoms with Gasteiger partial charge in [-0.15, -0.1) is 0 Å². The molecule has 0 atom stereocenters. The number of nitrogen functional groups attached to an aromatic ring is 1. The average Bonchev–Trinajstić information content (AvgIpc) is 2.47. The van der Waals surface area contributed by atoms with Crippen LogP contribution < -0.4 is 10.0 Å². The summed E-state index contributed by atoms with van der Waals surface area (Å²) in [5, 5.41) is 7.11. The summed E-state index contributed by atoms with van der Waals surface area (Å²) in [6, 6.07) is 6.77. The van der Waals surface area contributed by atoms with Gasteiger partial charge in [-0.05, 0) is 25.0 Å². The van der Waals surface area contributed by atoms with E-state index >= 15 is 0 Å². The SMILES string of the molecule is CN(c1ccccc1C(=N)N)S(=O)(=O)C1CCOCC1. The second-order valence-electron chi connectivity index (χ2n) is 4.75. The van der Waals surface area contributed by atoms with Gasteiger partial charge in [0.1, 0.15) is 5.84 Å². The molecule has 3 N–H and O–H groups in total. The van der Waals surface area contributed by atoms with Gasteiger partial charge >= 0.3 is 0 Å². The number of hydrogen-bond acceptors (Lipinski definition) is 4. The number of nitrogens with two attached hydrogens (primary N) is 1. The van der Waals surface area contributed by atoms with E-state index in [1.165, 1.54) is 11.4 Å². The molecule has 1 heterocycles. The van der Waals surface area contributed by atoms with E-state index in [2.05, 4.69) is 0 Å². The van der Waals surface area contributed by atoms with Gasteiger partial charge < -0.3 is 10.5 Å². The monoisotopic (exact) mass is 297 g/mol. The third-order valence-electron chi connectivity index (χ3n) is 3.50. The van der Waals surface area contributed by atoms with Gasteiger partial charge in [0.05, 0.1) is 10.9 Å². The van der Waals surface area contributed by atoms with Crippen molar-refractivity contribution >= 4 is 21.5 Å². The molecule has 0 saturated carbocycles. The number of anilines is 1. The molecule has 110 valence electrons. The Hall–Kier alpha value is -1.60. The molecule has 2 rings (SSSR count). The molecule has 1 aliphatic heterocycles. The summed E-state index contributed by atoms with van der Waals surface area (Å²) in [6.07, 6.45) is 0.990. The van der Waals surface area contributed by atoms with Crippen LogP contribution in [0.3, 0.4) is 0 Å². The number of sulfonamides is 1. The molecule has 1 aromatic rings. The summed E-state index contributed by atoms with van der Waals surface area (Å²) in [6.45, 7) is 0.929. The molecule has 1 aromatic carbocycles. The quantitative estimate of drug-likeness (QED) is 0.638. The molecule has 1 aliphatic rings. The minimum Gasteiger partial charge on any atom is -0.384 e. The largest absolute Gasteiger partial charge is 0.384 e. The normalized spacial score (nSPS) is 16.9. The van der Waals surface area contributed by atoms with Crippen LogP contribution in [0, 0.1) is 5.41 Å². The maximum Gasteiger partial charge on any atom is 0.237 e. The summed E-state index contributed by atoms with van der Waals surface area (Å²) in [5.74, 6) is -0.144. The van der Waals surface area contributed by atoms with Crippen molar-refractivity contribution in [1.29, 1.82) is 5.41 Å². The summed E-state index contributed by atoms with van der Waals surface area (Å²) in [5.41, 5.74) is 6.37. The van der Waals surface area contributed by atoms with Gasteiger partial charge in [-0.2, -0.15) is 0 Å². The van der Waals surface area contributed by atoms with Gasteiger partial charge in [-0.1, -0.05) is 12.1 Å². The van der Waals surface area contributed by atoms with E-state index in [0.29, 0.717) is 37.3 Å². The first kappa shape index (κ1) is 14.8. The lowest BCUT2D eigenvalue weighted by molar-refractivity contribution is 0.0983. The molecule has 7 heteroatoms. The predicted molar refractivity (Wildman–Crippen MR) is 78.6 cm³/mol. The van der Waals surface area contributed by atoms with E-state index < -0.39 is 15.3 Å². The van der Waals surface area contributed by atoms with Crippen molar-refractivity contribution in [3.05, 3.63) is 29.8 Å². The van der Waals surface area contributed by atoms with Gasteiger partial charge in [0.15, 0.2) is 0 Å². The lowest BCUT2D eigenvalue weighted by Gasteiger charge is -2.29. The van der Waals surface area contributed by atoms with E-state index in [0.717, 1.165) is 0 Å². The number of benzene rings is 1. The Morgan fingerprint density at radius 2 is 1.95 bits per heavy atom. The Morgan fingerprint density at radius 1 is 1.35 bits per heavy atom. The molecule has 0 spiro atoms. The van der Waals surface area contributed by atoms with Crippen molar-refractivity contribution in [2.75, 3.05) is 24.6 Å². The number of para-hydroxylation sites is 1. The van der Waals surface area contributed by atoms with Gasteiger partial charge in [0.25, 0.3) is 0 Å². The maximum absolute atomic E-state index is 12.6. The molecule has 0 bridgehead atoms. The van der Waals surface area contributed by atoms with Gasteiger partial charge in [-0.25, -0.2) is 8.42 Å². The summed E-state index contributed by atoms with van der Waals surface area (Å²) in [4.78, 5) is 0. The van der Waals surface area contributed by atoms with Crippen LogP contribution in [0.2, 0.25) is 0 Å². The lowest BCUT2D eigenvalue weighted by Crippen LogP contribution is -2.40. The van der Waals surface area contributed by atoms with E-state index in [1.807, 2.05) is 0 Å². The first-order valence-corrected chi connectivity index (χ1v) is 7.94. The highest BCUT2D eigenvalue weighted by Gasteiger charge is 2.32. The van der Waals surface area contributed by atoms with Crippen molar-refractivity contribution in [2.45, 2.75) is 18.1 Å². The Labute approximate surface area is 119 Å². The molecule has 0 aliphatic carbocycles. The van der Waals surface area contributed by atoms with Crippen molar-refractivity contribution in [3.63, 3.8) is 0 Å². The van der Waals surface area contributed by atoms with Crippen LogP contribution in [0.4, 0.5) is 5.69 Å². The molecular formula is C13H19N3O3S. The van der Waals surface area contributed by atoms with E-state index in [9.17, 15) is 8.42 Å². The highest BCUT2D eigenvalue weighted by molar-refractivity contribution is 7.93. The summed E-state index contributed by atoms with van der Waals surface area (Å²) < 4.78 is 31.7. The van der Waals surface area contributed by atoms with Crippen molar-refractivity contribution in [1.82, 2.24) is 0 Å². The minimum absolute atomic E-state index is 0.144. The number of hydrogen-bond donors (Lipinski definition) is 2. The third kappa shape index (κ3) is 2.78. The van der Waals surface area contributed by atoms with Gasteiger partial charge in [-0.3, -0.25) is 9.71 Å². The Kier molecular flexibility index (Phi) is 4.29. The Bertz CT molecular complexity index is 595. The molecule has 1 fully saturated rings. The second kappa shape index (κ2) is 5.80. The first-order valence-electron chi connectivity index (χ1n) is 6.43. The van der Waals surface area contributed by atoms with E-state index in [1.54, 1.807) is 24.3 Å². The van der Waals surface area contributed by atoms with E-state index in [-0.39, 0.29) is 5.84 Å². The fraction of sp³-hybridized carbons (Fsp3) is 0.462. The van der Waals surface area contributed by atoms with Crippen molar-refractivity contribution < 1.29 is 13.2 Å². The average molecular weight is 297 g/mol. The van der Waals surface area contributed by atoms with Crippen molar-refractivity contribution in [2.24, 2.45) is 5.73 Å².